The zero-order valence-corrected chi connectivity index (χ0v) is 8.69. The molecule has 0 aliphatic heterocycles. The number of pyridine rings is 1. The summed E-state index contributed by atoms with van der Waals surface area (Å²) in [4.78, 5) is 14.8. The molecule has 1 rings (SSSR count). The van der Waals surface area contributed by atoms with Crippen LogP contribution in [0.5, 0.6) is 0 Å². The number of nitrogens with zero attached hydrogens (tertiary/aromatic N) is 1. The van der Waals surface area contributed by atoms with Crippen LogP contribution in [-0.2, 0) is 0 Å². The summed E-state index contributed by atoms with van der Waals surface area (Å²) in [6, 6.07) is 2.98. The molecule has 1 unspecified atom stereocenters. The number of hydrogen-bond acceptors (Lipinski definition) is 4. The Hall–Kier alpha value is -1.62. The monoisotopic (exact) mass is 210 g/mol. The normalized spacial score (nSPS) is 12.2. The zero-order valence-electron chi connectivity index (χ0n) is 8.69. The van der Waals surface area contributed by atoms with Gasteiger partial charge < -0.3 is 15.5 Å². The molecule has 1 aromatic heterocycles. The highest BCUT2D eigenvalue weighted by atomic mass is 16.4. The van der Waals surface area contributed by atoms with Crippen molar-refractivity contribution < 1.29 is 15.0 Å². The number of aliphatic hydroxyl groups is 1. The predicted octanol–water partition coefficient (Wildman–Crippen LogP) is 0.881. The van der Waals surface area contributed by atoms with Gasteiger partial charge in [0, 0.05) is 6.04 Å². The first kappa shape index (κ1) is 11.5. The molecule has 1 atom stereocenters. The molecular weight excluding hydrogens is 196 g/mol. The Labute approximate surface area is 87.8 Å². The first-order chi connectivity index (χ1) is 7.04. The van der Waals surface area contributed by atoms with Gasteiger partial charge in [0.25, 0.3) is 0 Å². The van der Waals surface area contributed by atoms with Crippen LogP contribution in [0, 0.1) is 6.92 Å². The Morgan fingerprint density at radius 2 is 2.27 bits per heavy atom. The predicted molar refractivity (Wildman–Crippen MR) is 56.1 cm³/mol. The molecule has 0 spiro atoms. The molecule has 1 aromatic rings. The number of aromatic nitrogens is 1. The van der Waals surface area contributed by atoms with Crippen molar-refractivity contribution in [3.63, 3.8) is 0 Å². The molecule has 0 radical (unpaired) electrons. The minimum absolute atomic E-state index is 0.00140. The van der Waals surface area contributed by atoms with Crippen LogP contribution in [0.15, 0.2) is 12.1 Å². The summed E-state index contributed by atoms with van der Waals surface area (Å²) in [5, 5.41) is 20.6. The van der Waals surface area contributed by atoms with Gasteiger partial charge in [-0.15, -0.1) is 0 Å². The number of anilines is 1. The van der Waals surface area contributed by atoms with Crippen LogP contribution in [0.1, 0.15) is 23.0 Å². The third-order valence-electron chi connectivity index (χ3n) is 1.98. The summed E-state index contributed by atoms with van der Waals surface area (Å²) >= 11 is 0. The lowest BCUT2D eigenvalue weighted by molar-refractivity contribution is 0.0695. The number of carboxylic acids is 1. The summed E-state index contributed by atoms with van der Waals surface area (Å²) in [5.41, 5.74) is 0.648. The van der Waals surface area contributed by atoms with Gasteiger partial charge in [-0.25, -0.2) is 9.78 Å². The maximum absolute atomic E-state index is 10.7. The van der Waals surface area contributed by atoms with E-state index in [1.54, 1.807) is 13.0 Å². The van der Waals surface area contributed by atoms with Crippen molar-refractivity contribution in [3.8, 4) is 0 Å². The Morgan fingerprint density at radius 3 is 2.73 bits per heavy atom. The Morgan fingerprint density at radius 1 is 1.60 bits per heavy atom. The number of aliphatic hydroxyl groups excluding tert-OH is 1. The molecule has 15 heavy (non-hydrogen) atoms. The first-order valence-electron chi connectivity index (χ1n) is 4.63. The number of rotatable bonds is 4. The van der Waals surface area contributed by atoms with E-state index in [1.165, 1.54) is 6.07 Å². The molecule has 1 heterocycles. The number of aryl methyl sites for hydroxylation is 1. The number of hydrogen-bond donors (Lipinski definition) is 3. The zero-order chi connectivity index (χ0) is 11.4. The van der Waals surface area contributed by atoms with Crippen LogP contribution in [0.3, 0.4) is 0 Å². The van der Waals surface area contributed by atoms with Gasteiger partial charge in [0.1, 0.15) is 5.82 Å². The fourth-order valence-corrected chi connectivity index (χ4v) is 1.17. The molecule has 3 N–H and O–H groups in total. The third kappa shape index (κ3) is 2.92. The molecule has 5 nitrogen and oxygen atoms in total. The highest BCUT2D eigenvalue weighted by Crippen LogP contribution is 2.11. The molecule has 5 heteroatoms. The molecular formula is C10H14N2O3. The second-order valence-corrected chi connectivity index (χ2v) is 3.36. The smallest absolute Gasteiger partial charge is 0.337 e. The Balaban J connectivity index is 2.87. The lowest BCUT2D eigenvalue weighted by Gasteiger charge is -2.12. The summed E-state index contributed by atoms with van der Waals surface area (Å²) in [6.45, 7) is 3.45. The lowest BCUT2D eigenvalue weighted by atomic mass is 10.2. The molecule has 0 saturated carbocycles. The average Bonchev–Trinajstić information content (AvgIpc) is 2.17. The molecule has 0 saturated heterocycles. The van der Waals surface area contributed by atoms with E-state index in [0.717, 1.165) is 0 Å². The van der Waals surface area contributed by atoms with Gasteiger partial charge in [-0.05, 0) is 26.0 Å². The fourth-order valence-electron chi connectivity index (χ4n) is 1.17. The molecule has 0 aromatic carbocycles. The lowest BCUT2D eigenvalue weighted by Crippen LogP contribution is -2.20. The van der Waals surface area contributed by atoms with E-state index in [0.29, 0.717) is 11.5 Å². The first-order valence-corrected chi connectivity index (χ1v) is 4.63. The fraction of sp³-hybridized carbons (Fsp3) is 0.400. The van der Waals surface area contributed by atoms with Crippen LogP contribution < -0.4 is 5.32 Å². The Kier molecular flexibility index (Phi) is 3.62. The number of carbonyl (C=O) groups is 1. The van der Waals surface area contributed by atoms with E-state index < -0.39 is 5.97 Å². The van der Waals surface area contributed by atoms with Crippen molar-refractivity contribution in [2.75, 3.05) is 11.9 Å². The molecule has 0 aliphatic rings. The van der Waals surface area contributed by atoms with E-state index in [4.69, 9.17) is 10.2 Å². The second kappa shape index (κ2) is 4.75. The van der Waals surface area contributed by atoms with Crippen molar-refractivity contribution in [3.05, 3.63) is 23.4 Å². The Bertz CT molecular complexity index is 366. The van der Waals surface area contributed by atoms with Gasteiger partial charge in [0.15, 0.2) is 0 Å². The van der Waals surface area contributed by atoms with Crippen molar-refractivity contribution >= 4 is 11.8 Å². The van der Waals surface area contributed by atoms with Gasteiger partial charge in [0.2, 0.25) is 0 Å². The van der Waals surface area contributed by atoms with Gasteiger partial charge in [0.05, 0.1) is 17.9 Å². The van der Waals surface area contributed by atoms with Crippen molar-refractivity contribution in [1.82, 2.24) is 4.98 Å². The maximum atomic E-state index is 10.7. The summed E-state index contributed by atoms with van der Waals surface area (Å²) in [6.07, 6.45) is 0. The quantitative estimate of drug-likeness (QED) is 0.687. The van der Waals surface area contributed by atoms with Crippen molar-refractivity contribution in [1.29, 1.82) is 0 Å². The standard InChI is InChI=1S/C10H14N2O3/c1-6(5-13)11-9-4-3-8(10(14)15)7(2)12-9/h3-4,6,13H,5H2,1-2H3,(H,11,12)(H,14,15). The molecule has 0 bridgehead atoms. The third-order valence-corrected chi connectivity index (χ3v) is 1.98. The number of aromatic carboxylic acids is 1. The van der Waals surface area contributed by atoms with Crippen LogP contribution in [-0.4, -0.2) is 33.8 Å². The summed E-state index contributed by atoms with van der Waals surface area (Å²) in [7, 11) is 0. The molecule has 0 amide bonds. The van der Waals surface area contributed by atoms with Crippen LogP contribution in [0.25, 0.3) is 0 Å². The largest absolute Gasteiger partial charge is 0.478 e. The van der Waals surface area contributed by atoms with Crippen LogP contribution in [0.2, 0.25) is 0 Å². The van der Waals surface area contributed by atoms with Crippen molar-refractivity contribution in [2.24, 2.45) is 0 Å². The van der Waals surface area contributed by atoms with Gasteiger partial charge in [-0.1, -0.05) is 0 Å². The highest BCUT2D eigenvalue weighted by molar-refractivity contribution is 5.89. The second-order valence-electron chi connectivity index (χ2n) is 3.36. The van der Waals surface area contributed by atoms with Crippen LogP contribution in [0.4, 0.5) is 5.82 Å². The van der Waals surface area contributed by atoms with E-state index in [2.05, 4.69) is 10.3 Å². The average molecular weight is 210 g/mol. The maximum Gasteiger partial charge on any atom is 0.337 e. The van der Waals surface area contributed by atoms with E-state index >= 15 is 0 Å². The molecule has 0 aliphatic carbocycles. The summed E-state index contributed by atoms with van der Waals surface area (Å²) < 4.78 is 0. The minimum atomic E-state index is -0.984. The minimum Gasteiger partial charge on any atom is -0.478 e. The van der Waals surface area contributed by atoms with Gasteiger partial charge >= 0.3 is 5.97 Å². The molecule has 82 valence electrons. The topological polar surface area (TPSA) is 82.5 Å². The van der Waals surface area contributed by atoms with Gasteiger partial charge in [-0.2, -0.15) is 0 Å². The number of nitrogens with one attached hydrogen (secondary N) is 1. The molecule has 0 fully saturated rings. The van der Waals surface area contributed by atoms with Crippen LogP contribution >= 0.6 is 0 Å². The van der Waals surface area contributed by atoms with E-state index in [-0.39, 0.29) is 18.2 Å². The SMILES string of the molecule is Cc1nc(NC(C)CO)ccc1C(=O)O. The number of carboxylic acid groups (broad SMARTS) is 1. The van der Waals surface area contributed by atoms with E-state index in [9.17, 15) is 4.79 Å². The van der Waals surface area contributed by atoms with Gasteiger partial charge in [-0.3, -0.25) is 0 Å². The van der Waals surface area contributed by atoms with Crippen molar-refractivity contribution in [2.45, 2.75) is 19.9 Å². The summed E-state index contributed by atoms with van der Waals surface area (Å²) in [5.74, 6) is -0.416. The van der Waals surface area contributed by atoms with E-state index in [1.807, 2.05) is 6.92 Å². The highest BCUT2D eigenvalue weighted by Gasteiger charge is 2.09.